The third-order valence-electron chi connectivity index (χ3n) is 2.85. The van der Waals surface area contributed by atoms with E-state index in [9.17, 15) is 13.2 Å². The number of carbonyl (C=O) groups is 1. The molecule has 2 rings (SSSR count). The first-order chi connectivity index (χ1) is 8.43. The predicted octanol–water partition coefficient (Wildman–Crippen LogP) is 2.50. The van der Waals surface area contributed by atoms with Gasteiger partial charge >= 0.3 is 0 Å². The molecule has 0 N–H and O–H groups in total. The van der Waals surface area contributed by atoms with E-state index in [1.165, 1.54) is 22.5 Å². The molecule has 0 bridgehead atoms. The molecular weight excluding hydrogens is 297 g/mol. The van der Waals surface area contributed by atoms with Crippen molar-refractivity contribution in [3.05, 3.63) is 28.8 Å². The Bertz CT molecular complexity index is 580. The van der Waals surface area contributed by atoms with Gasteiger partial charge in [0.2, 0.25) is 10.0 Å². The summed E-state index contributed by atoms with van der Waals surface area (Å²) in [6, 6.07) is 3.99. The summed E-state index contributed by atoms with van der Waals surface area (Å²) >= 11 is 11.1. The van der Waals surface area contributed by atoms with Crippen molar-refractivity contribution in [3.63, 3.8) is 0 Å². The SMILES string of the molecule is O=C(Cl)c1cc(S(=O)(=O)N2CCCC2)ccc1Cl. The Balaban J connectivity index is 2.45. The Kier molecular flexibility index (Phi) is 3.96. The normalized spacial score (nSPS) is 17.0. The minimum atomic E-state index is -3.55. The van der Waals surface area contributed by atoms with Crippen LogP contribution in [0.3, 0.4) is 0 Å². The van der Waals surface area contributed by atoms with E-state index < -0.39 is 15.3 Å². The third kappa shape index (κ3) is 2.54. The van der Waals surface area contributed by atoms with Crippen LogP contribution in [0.1, 0.15) is 23.2 Å². The summed E-state index contributed by atoms with van der Waals surface area (Å²) < 4.78 is 25.9. The van der Waals surface area contributed by atoms with Gasteiger partial charge in [-0.05, 0) is 42.6 Å². The first kappa shape index (κ1) is 13.8. The molecule has 0 unspecified atom stereocenters. The molecule has 1 aliphatic rings. The summed E-state index contributed by atoms with van der Waals surface area (Å²) in [4.78, 5) is 11.2. The van der Waals surface area contributed by atoms with Crippen LogP contribution in [0.2, 0.25) is 5.02 Å². The Labute approximate surface area is 116 Å². The van der Waals surface area contributed by atoms with Crippen molar-refractivity contribution in [2.45, 2.75) is 17.7 Å². The topological polar surface area (TPSA) is 54.5 Å². The number of carbonyl (C=O) groups excluding carboxylic acids is 1. The lowest BCUT2D eigenvalue weighted by Gasteiger charge is -2.15. The molecule has 7 heteroatoms. The minimum Gasteiger partial charge on any atom is -0.276 e. The maximum atomic E-state index is 12.2. The summed E-state index contributed by atoms with van der Waals surface area (Å²) in [7, 11) is -3.55. The van der Waals surface area contributed by atoms with Crippen LogP contribution in [0.4, 0.5) is 0 Å². The fraction of sp³-hybridized carbons (Fsp3) is 0.364. The molecule has 1 aromatic carbocycles. The summed E-state index contributed by atoms with van der Waals surface area (Å²) in [5, 5.41) is -0.617. The van der Waals surface area contributed by atoms with Crippen molar-refractivity contribution in [1.29, 1.82) is 0 Å². The fourth-order valence-corrected chi connectivity index (χ4v) is 3.84. The van der Waals surface area contributed by atoms with Gasteiger partial charge in [0.25, 0.3) is 5.24 Å². The van der Waals surface area contributed by atoms with Crippen LogP contribution < -0.4 is 0 Å². The lowest BCUT2D eigenvalue weighted by molar-refractivity contribution is 0.108. The van der Waals surface area contributed by atoms with Crippen molar-refractivity contribution < 1.29 is 13.2 Å². The highest BCUT2D eigenvalue weighted by molar-refractivity contribution is 7.89. The second kappa shape index (κ2) is 5.17. The number of hydrogen-bond acceptors (Lipinski definition) is 3. The molecule has 0 atom stereocenters. The first-order valence-electron chi connectivity index (χ1n) is 5.42. The zero-order chi connectivity index (χ0) is 13.3. The van der Waals surface area contributed by atoms with Gasteiger partial charge in [0.15, 0.2) is 0 Å². The molecule has 1 heterocycles. The summed E-state index contributed by atoms with van der Waals surface area (Å²) in [5.74, 6) is 0. The molecule has 4 nitrogen and oxygen atoms in total. The van der Waals surface area contributed by atoms with Gasteiger partial charge in [0.05, 0.1) is 15.5 Å². The number of benzene rings is 1. The molecule has 1 fully saturated rings. The lowest BCUT2D eigenvalue weighted by Crippen LogP contribution is -2.28. The van der Waals surface area contributed by atoms with E-state index in [0.29, 0.717) is 13.1 Å². The summed E-state index contributed by atoms with van der Waals surface area (Å²) in [6.45, 7) is 1.02. The van der Waals surface area contributed by atoms with Gasteiger partial charge in [-0.25, -0.2) is 8.42 Å². The highest BCUT2D eigenvalue weighted by Crippen LogP contribution is 2.26. The first-order valence-corrected chi connectivity index (χ1v) is 7.62. The Morgan fingerprint density at radius 1 is 1.22 bits per heavy atom. The molecule has 0 aliphatic carbocycles. The number of rotatable bonds is 3. The largest absolute Gasteiger partial charge is 0.276 e. The van der Waals surface area contributed by atoms with Crippen LogP contribution in [0.25, 0.3) is 0 Å². The molecule has 1 saturated heterocycles. The van der Waals surface area contributed by atoms with Crippen LogP contribution in [0.5, 0.6) is 0 Å². The van der Waals surface area contributed by atoms with Crippen molar-refractivity contribution in [1.82, 2.24) is 4.31 Å². The Morgan fingerprint density at radius 2 is 1.83 bits per heavy atom. The summed E-state index contributed by atoms with van der Waals surface area (Å²) in [6.07, 6.45) is 1.71. The highest BCUT2D eigenvalue weighted by atomic mass is 35.5. The molecule has 0 spiro atoms. The third-order valence-corrected chi connectivity index (χ3v) is 5.28. The maximum Gasteiger partial charge on any atom is 0.253 e. The van der Waals surface area contributed by atoms with Crippen molar-refractivity contribution >= 4 is 38.5 Å². The van der Waals surface area contributed by atoms with E-state index in [1.54, 1.807) is 0 Å². The quantitative estimate of drug-likeness (QED) is 0.806. The number of halogens is 2. The van der Waals surface area contributed by atoms with Gasteiger partial charge in [-0.15, -0.1) is 0 Å². The average Bonchev–Trinajstić information content (AvgIpc) is 2.82. The molecule has 1 aliphatic heterocycles. The van der Waals surface area contributed by atoms with Crippen molar-refractivity contribution in [2.24, 2.45) is 0 Å². The molecule has 0 radical (unpaired) electrons. The van der Waals surface area contributed by atoms with Gasteiger partial charge in [0, 0.05) is 13.1 Å². The van der Waals surface area contributed by atoms with Crippen molar-refractivity contribution in [2.75, 3.05) is 13.1 Å². The van der Waals surface area contributed by atoms with Gasteiger partial charge < -0.3 is 0 Å². The molecule has 0 amide bonds. The number of sulfonamides is 1. The van der Waals surface area contributed by atoms with Gasteiger partial charge in [-0.1, -0.05) is 11.6 Å². The maximum absolute atomic E-state index is 12.2. The second-order valence-electron chi connectivity index (χ2n) is 4.03. The zero-order valence-electron chi connectivity index (χ0n) is 9.40. The minimum absolute atomic E-state index is 0.0126. The van der Waals surface area contributed by atoms with E-state index in [0.717, 1.165) is 12.8 Å². The molecule has 98 valence electrons. The standard InChI is InChI=1S/C11H11Cl2NO3S/c12-10-4-3-8(7-9(10)11(13)15)18(16,17)14-5-1-2-6-14/h3-4,7H,1-2,5-6H2. The predicted molar refractivity (Wildman–Crippen MR) is 69.6 cm³/mol. The summed E-state index contributed by atoms with van der Waals surface area (Å²) in [5.41, 5.74) is 0.0126. The van der Waals surface area contributed by atoms with Crippen LogP contribution in [-0.4, -0.2) is 31.1 Å². The molecule has 1 aromatic rings. The number of hydrogen-bond donors (Lipinski definition) is 0. The second-order valence-corrected chi connectivity index (χ2v) is 6.71. The zero-order valence-corrected chi connectivity index (χ0v) is 11.7. The van der Waals surface area contributed by atoms with Crippen LogP contribution in [0, 0.1) is 0 Å². The molecule has 18 heavy (non-hydrogen) atoms. The van der Waals surface area contributed by atoms with Gasteiger partial charge in [-0.2, -0.15) is 4.31 Å². The fourth-order valence-electron chi connectivity index (χ4n) is 1.89. The van der Waals surface area contributed by atoms with E-state index in [4.69, 9.17) is 23.2 Å². The van der Waals surface area contributed by atoms with E-state index >= 15 is 0 Å². The average molecular weight is 308 g/mol. The van der Waals surface area contributed by atoms with Crippen LogP contribution in [0.15, 0.2) is 23.1 Å². The van der Waals surface area contributed by atoms with E-state index in [1.807, 2.05) is 0 Å². The molecule has 0 aromatic heterocycles. The van der Waals surface area contributed by atoms with Gasteiger partial charge in [-0.3, -0.25) is 4.79 Å². The molecular formula is C11H11Cl2NO3S. The highest BCUT2D eigenvalue weighted by Gasteiger charge is 2.28. The van der Waals surface area contributed by atoms with Crippen molar-refractivity contribution in [3.8, 4) is 0 Å². The monoisotopic (exact) mass is 307 g/mol. The molecule has 0 saturated carbocycles. The van der Waals surface area contributed by atoms with Crippen LogP contribution in [-0.2, 0) is 10.0 Å². The lowest BCUT2D eigenvalue weighted by atomic mass is 10.2. The smallest absolute Gasteiger partial charge is 0.253 e. The van der Waals surface area contributed by atoms with Gasteiger partial charge in [0.1, 0.15) is 0 Å². The number of nitrogens with zero attached hydrogens (tertiary/aromatic N) is 1. The van der Waals surface area contributed by atoms with Crippen LogP contribution >= 0.6 is 23.2 Å². The Hall–Kier alpha value is -0.620. The van der Waals surface area contributed by atoms with E-state index in [2.05, 4.69) is 0 Å². The van der Waals surface area contributed by atoms with E-state index in [-0.39, 0.29) is 15.5 Å². The Morgan fingerprint density at radius 3 is 2.39 bits per heavy atom.